The van der Waals surface area contributed by atoms with E-state index < -0.39 is 10.8 Å². The van der Waals surface area contributed by atoms with Gasteiger partial charge in [-0.2, -0.15) is 0 Å². The number of rotatable bonds is 9. The van der Waals surface area contributed by atoms with Crippen molar-refractivity contribution in [1.29, 1.82) is 0 Å². The Morgan fingerprint density at radius 3 is 2.62 bits per heavy atom. The van der Waals surface area contributed by atoms with Gasteiger partial charge in [-0.25, -0.2) is 0 Å². The van der Waals surface area contributed by atoms with Gasteiger partial charge in [-0.1, -0.05) is 31.5 Å². The number of benzene rings is 1. The summed E-state index contributed by atoms with van der Waals surface area (Å²) in [7, 11) is -0.988. The predicted octanol–water partition coefficient (Wildman–Crippen LogP) is 2.61. The molecule has 1 aliphatic rings. The van der Waals surface area contributed by atoms with E-state index in [2.05, 4.69) is 34.4 Å². The molecule has 2 N–H and O–H groups in total. The van der Waals surface area contributed by atoms with E-state index in [9.17, 15) is 4.21 Å². The highest BCUT2D eigenvalue weighted by Crippen LogP contribution is 2.11. The average Bonchev–Trinajstić information content (AvgIpc) is 2.68. The van der Waals surface area contributed by atoms with Crippen LogP contribution in [0.25, 0.3) is 0 Å². The maximum absolute atomic E-state index is 12.3. The third kappa shape index (κ3) is 7.46. The van der Waals surface area contributed by atoms with Gasteiger partial charge >= 0.3 is 0 Å². The third-order valence-electron chi connectivity index (χ3n) is 4.65. The topological polar surface area (TPSA) is 56.7 Å². The number of likely N-dealkylation sites (tertiary alicyclic amines) is 1. The van der Waals surface area contributed by atoms with Gasteiger partial charge in [0, 0.05) is 36.3 Å². The summed E-state index contributed by atoms with van der Waals surface area (Å²) in [5.74, 6) is 1.40. The summed E-state index contributed by atoms with van der Waals surface area (Å²) in [5.41, 5.74) is 0. The van der Waals surface area contributed by atoms with Crippen LogP contribution in [-0.2, 0) is 10.8 Å². The summed E-state index contributed by atoms with van der Waals surface area (Å²) in [6, 6.07) is 10.1. The molecule has 2 rings (SSSR count). The highest BCUT2D eigenvalue weighted by molar-refractivity contribution is 7.85. The van der Waals surface area contributed by atoms with Crippen LogP contribution < -0.4 is 10.6 Å². The molecule has 1 saturated heterocycles. The van der Waals surface area contributed by atoms with Crippen LogP contribution in [0.1, 0.15) is 39.5 Å². The zero-order chi connectivity index (χ0) is 18.6. The molecule has 5 nitrogen and oxygen atoms in total. The molecule has 26 heavy (non-hydrogen) atoms. The molecule has 1 aromatic carbocycles. The molecule has 1 aromatic rings. The SMILES string of the molecule is CCCCN1CCC(NC(=NCCS(=O)c2ccccc2)NCC)CC1. The van der Waals surface area contributed by atoms with Crippen molar-refractivity contribution >= 4 is 16.8 Å². The van der Waals surface area contributed by atoms with E-state index in [0.29, 0.717) is 18.3 Å². The Balaban J connectivity index is 1.77. The number of piperidine rings is 1. The molecule has 1 atom stereocenters. The number of guanidine groups is 1. The number of hydrogen-bond acceptors (Lipinski definition) is 3. The van der Waals surface area contributed by atoms with E-state index in [-0.39, 0.29) is 0 Å². The largest absolute Gasteiger partial charge is 0.357 e. The highest BCUT2D eigenvalue weighted by atomic mass is 32.2. The van der Waals surface area contributed by atoms with Crippen molar-refractivity contribution in [2.24, 2.45) is 4.99 Å². The van der Waals surface area contributed by atoms with Crippen LogP contribution in [0.5, 0.6) is 0 Å². The minimum Gasteiger partial charge on any atom is -0.357 e. The van der Waals surface area contributed by atoms with Gasteiger partial charge in [0.1, 0.15) is 0 Å². The molecule has 0 spiro atoms. The van der Waals surface area contributed by atoms with Crippen LogP contribution in [-0.4, -0.2) is 59.6 Å². The van der Waals surface area contributed by atoms with Crippen molar-refractivity contribution in [1.82, 2.24) is 15.5 Å². The summed E-state index contributed by atoms with van der Waals surface area (Å²) >= 11 is 0. The molecule has 0 saturated carbocycles. The van der Waals surface area contributed by atoms with Crippen molar-refractivity contribution in [3.63, 3.8) is 0 Å². The molecule has 1 unspecified atom stereocenters. The second-order valence-electron chi connectivity index (χ2n) is 6.74. The van der Waals surface area contributed by atoms with E-state index in [1.165, 1.54) is 19.4 Å². The zero-order valence-corrected chi connectivity index (χ0v) is 17.1. The quantitative estimate of drug-likeness (QED) is 0.512. The van der Waals surface area contributed by atoms with E-state index in [0.717, 1.165) is 43.3 Å². The van der Waals surface area contributed by atoms with Gasteiger partial charge < -0.3 is 15.5 Å². The van der Waals surface area contributed by atoms with Crippen LogP contribution in [0, 0.1) is 0 Å². The van der Waals surface area contributed by atoms with Gasteiger partial charge in [0.15, 0.2) is 5.96 Å². The van der Waals surface area contributed by atoms with Crippen LogP contribution >= 0.6 is 0 Å². The maximum atomic E-state index is 12.3. The molecule has 1 aliphatic heterocycles. The van der Waals surface area contributed by atoms with Gasteiger partial charge in [-0.15, -0.1) is 0 Å². The number of hydrogen-bond donors (Lipinski definition) is 2. The number of unbranched alkanes of at least 4 members (excludes halogenated alkanes) is 1. The van der Waals surface area contributed by atoms with Gasteiger partial charge in [-0.05, 0) is 44.9 Å². The Labute approximate surface area is 161 Å². The van der Waals surface area contributed by atoms with Crippen LogP contribution in [0.2, 0.25) is 0 Å². The van der Waals surface area contributed by atoms with Crippen LogP contribution in [0.3, 0.4) is 0 Å². The smallest absolute Gasteiger partial charge is 0.191 e. The molecule has 1 fully saturated rings. The lowest BCUT2D eigenvalue weighted by Gasteiger charge is -2.33. The molecule has 6 heteroatoms. The molecule has 146 valence electrons. The lowest BCUT2D eigenvalue weighted by atomic mass is 10.0. The first kappa shape index (κ1) is 20.9. The van der Waals surface area contributed by atoms with Crippen LogP contribution in [0.4, 0.5) is 0 Å². The van der Waals surface area contributed by atoms with E-state index in [1.54, 1.807) is 0 Å². The molecule has 0 aromatic heterocycles. The Bertz CT molecular complexity index is 556. The van der Waals surface area contributed by atoms with Crippen molar-refractivity contribution in [2.45, 2.75) is 50.5 Å². The van der Waals surface area contributed by atoms with Crippen molar-refractivity contribution in [2.75, 3.05) is 38.5 Å². The first-order valence-electron chi connectivity index (χ1n) is 9.93. The maximum Gasteiger partial charge on any atom is 0.191 e. The Kier molecular flexibility index (Phi) is 9.71. The molecular formula is C20H34N4OS. The molecule has 0 aliphatic carbocycles. The standard InChI is InChI=1S/C20H34N4OS/c1-3-5-14-24-15-11-18(12-16-24)23-20(21-4-2)22-13-17-26(25)19-9-7-6-8-10-19/h6-10,18H,3-5,11-17H2,1-2H3,(H2,21,22,23). The summed E-state index contributed by atoms with van der Waals surface area (Å²) in [6.07, 6.45) is 4.87. The number of aliphatic imine (C=N–C) groups is 1. The lowest BCUT2D eigenvalue weighted by Crippen LogP contribution is -2.48. The normalized spacial score (nSPS) is 17.8. The van der Waals surface area contributed by atoms with Gasteiger partial charge in [0.05, 0.1) is 17.3 Å². The molecule has 0 radical (unpaired) electrons. The molecule has 0 bridgehead atoms. The first-order chi connectivity index (χ1) is 12.7. The van der Waals surface area contributed by atoms with Gasteiger partial charge in [0.25, 0.3) is 0 Å². The Hall–Kier alpha value is -1.40. The minimum absolute atomic E-state index is 0.477. The van der Waals surface area contributed by atoms with E-state index in [4.69, 9.17) is 0 Å². The van der Waals surface area contributed by atoms with E-state index >= 15 is 0 Å². The Morgan fingerprint density at radius 2 is 1.96 bits per heavy atom. The fourth-order valence-corrected chi connectivity index (χ4v) is 4.08. The summed E-state index contributed by atoms with van der Waals surface area (Å²) < 4.78 is 12.3. The van der Waals surface area contributed by atoms with E-state index in [1.807, 2.05) is 30.3 Å². The molecular weight excluding hydrogens is 344 g/mol. The minimum atomic E-state index is -0.988. The first-order valence-corrected chi connectivity index (χ1v) is 11.3. The second kappa shape index (κ2) is 12.1. The summed E-state index contributed by atoms with van der Waals surface area (Å²) in [5, 5.41) is 6.88. The van der Waals surface area contributed by atoms with Crippen molar-refractivity contribution in [3.05, 3.63) is 30.3 Å². The van der Waals surface area contributed by atoms with Gasteiger partial charge in [-0.3, -0.25) is 9.20 Å². The monoisotopic (exact) mass is 378 g/mol. The van der Waals surface area contributed by atoms with Crippen LogP contribution in [0.15, 0.2) is 40.2 Å². The van der Waals surface area contributed by atoms with Crippen molar-refractivity contribution in [3.8, 4) is 0 Å². The zero-order valence-electron chi connectivity index (χ0n) is 16.2. The average molecular weight is 379 g/mol. The number of nitrogens with zero attached hydrogens (tertiary/aromatic N) is 2. The summed E-state index contributed by atoms with van der Waals surface area (Å²) in [4.78, 5) is 8.07. The fourth-order valence-electron chi connectivity index (χ4n) is 3.13. The number of nitrogens with one attached hydrogen (secondary N) is 2. The Morgan fingerprint density at radius 1 is 1.23 bits per heavy atom. The fraction of sp³-hybridized carbons (Fsp3) is 0.650. The van der Waals surface area contributed by atoms with Crippen molar-refractivity contribution < 1.29 is 4.21 Å². The third-order valence-corrected chi connectivity index (χ3v) is 6.00. The summed E-state index contributed by atoms with van der Waals surface area (Å²) in [6.45, 7) is 9.27. The lowest BCUT2D eigenvalue weighted by molar-refractivity contribution is 0.203. The molecule has 1 heterocycles. The second-order valence-corrected chi connectivity index (χ2v) is 8.31. The highest BCUT2D eigenvalue weighted by Gasteiger charge is 2.19. The predicted molar refractivity (Wildman–Crippen MR) is 111 cm³/mol. The molecule has 0 amide bonds. The van der Waals surface area contributed by atoms with Gasteiger partial charge in [0.2, 0.25) is 0 Å².